The highest BCUT2D eigenvalue weighted by Gasteiger charge is 2.30. The number of benzene rings is 1. The summed E-state index contributed by atoms with van der Waals surface area (Å²) >= 11 is 2.32. The van der Waals surface area contributed by atoms with Crippen LogP contribution in [0.3, 0.4) is 0 Å². The summed E-state index contributed by atoms with van der Waals surface area (Å²) in [4.78, 5) is 0. The molecule has 82 valence electrons. The van der Waals surface area contributed by atoms with Crippen LogP contribution >= 0.6 is 22.6 Å². The topological polar surface area (TPSA) is 12.0 Å². The summed E-state index contributed by atoms with van der Waals surface area (Å²) in [6, 6.07) is 6.37. The van der Waals surface area contributed by atoms with E-state index in [1.807, 2.05) is 6.08 Å². The number of fused-ring (bicyclic) bond motifs is 1. The molecule has 1 aromatic carbocycles. The molecule has 0 spiro atoms. The Balaban J connectivity index is 2.64. The van der Waals surface area contributed by atoms with Gasteiger partial charge in [0.1, 0.15) is 0 Å². The number of halogens is 1. The molecule has 0 bridgehead atoms. The van der Waals surface area contributed by atoms with Crippen molar-refractivity contribution in [2.45, 2.75) is 18.3 Å². The average molecular weight is 323 g/mol. The van der Waals surface area contributed by atoms with E-state index in [0.717, 1.165) is 25.1 Å². The molecule has 1 unspecified atom stereocenters. The van der Waals surface area contributed by atoms with Gasteiger partial charge in [0, 0.05) is 15.8 Å². The number of rotatable bonds is 1. The highest BCUT2D eigenvalue weighted by molar-refractivity contribution is 14.1. The maximum atomic E-state index is 5.73. The quantitative estimate of drug-likeness (QED) is 0.473. The molecule has 1 heterocycles. The van der Waals surface area contributed by atoms with Crippen LogP contribution in [0.2, 0.25) is 0 Å². The Labute approximate surface area is 110 Å². The maximum absolute atomic E-state index is 5.73. The van der Waals surface area contributed by atoms with Crippen molar-refractivity contribution < 1.29 is 0 Å². The van der Waals surface area contributed by atoms with Crippen LogP contribution in [0.5, 0.6) is 0 Å². The van der Waals surface area contributed by atoms with Crippen molar-refractivity contribution >= 4 is 28.3 Å². The van der Waals surface area contributed by atoms with Crippen LogP contribution in [-0.2, 0) is 5.41 Å². The lowest BCUT2D eigenvalue weighted by atomic mass is 9.77. The van der Waals surface area contributed by atoms with E-state index in [1.54, 1.807) is 0 Å². The minimum absolute atomic E-state index is 0.306. The van der Waals surface area contributed by atoms with Gasteiger partial charge >= 0.3 is 0 Å². The summed E-state index contributed by atoms with van der Waals surface area (Å²) in [5.74, 6) is 2.93. The van der Waals surface area contributed by atoms with Gasteiger partial charge in [0.05, 0.1) is 5.41 Å². The summed E-state index contributed by atoms with van der Waals surface area (Å²) in [5.41, 5.74) is 2.03. The van der Waals surface area contributed by atoms with Crippen LogP contribution in [0.15, 0.2) is 30.9 Å². The van der Waals surface area contributed by atoms with Crippen molar-refractivity contribution in [2.75, 3.05) is 11.9 Å². The summed E-state index contributed by atoms with van der Waals surface area (Å²) in [6.45, 7) is 4.90. The lowest BCUT2D eigenvalue weighted by molar-refractivity contribution is 0.615. The maximum Gasteiger partial charge on any atom is 0.0758 e. The predicted molar refractivity (Wildman–Crippen MR) is 77.6 cm³/mol. The van der Waals surface area contributed by atoms with Crippen molar-refractivity contribution in [1.82, 2.24) is 0 Å². The monoisotopic (exact) mass is 323 g/mol. The Hall–Kier alpha value is -0.950. The van der Waals surface area contributed by atoms with Gasteiger partial charge in [-0.05, 0) is 59.2 Å². The van der Waals surface area contributed by atoms with E-state index in [0.29, 0.717) is 0 Å². The molecule has 1 aromatic rings. The zero-order chi connectivity index (χ0) is 11.6. The van der Waals surface area contributed by atoms with Crippen LogP contribution in [0, 0.1) is 15.9 Å². The molecule has 0 aromatic heterocycles. The molecule has 0 saturated heterocycles. The smallest absolute Gasteiger partial charge is 0.0758 e. The summed E-state index contributed by atoms with van der Waals surface area (Å²) in [6.07, 6.45) is 9.68. The molecular weight excluding hydrogens is 309 g/mol. The first-order valence-electron chi connectivity index (χ1n) is 5.37. The average Bonchev–Trinajstić information content (AvgIpc) is 2.49. The fourth-order valence-electron chi connectivity index (χ4n) is 2.19. The fourth-order valence-corrected chi connectivity index (χ4v) is 2.68. The Kier molecular flexibility index (Phi) is 3.25. The Morgan fingerprint density at radius 1 is 1.56 bits per heavy atom. The standard InChI is InChI=1S/C14H14IN/c1-3-14(4-2)8-5-9-16-13-7-6-11(15)10-12(13)14/h1,4,6-7,10,16H,2,5,8-9H2. The van der Waals surface area contributed by atoms with E-state index in [9.17, 15) is 0 Å². The van der Waals surface area contributed by atoms with Crippen molar-refractivity contribution in [3.8, 4) is 12.3 Å². The van der Waals surface area contributed by atoms with Gasteiger partial charge in [-0.15, -0.1) is 13.0 Å². The molecule has 2 rings (SSSR count). The highest BCUT2D eigenvalue weighted by atomic mass is 127. The molecule has 1 N–H and O–H groups in total. The Morgan fingerprint density at radius 3 is 3.06 bits per heavy atom. The molecule has 16 heavy (non-hydrogen) atoms. The highest BCUT2D eigenvalue weighted by Crippen LogP contribution is 2.38. The molecule has 0 amide bonds. The molecule has 2 heteroatoms. The third-order valence-corrected chi connectivity index (χ3v) is 3.80. The third kappa shape index (κ3) is 1.84. The Morgan fingerprint density at radius 2 is 2.38 bits per heavy atom. The molecule has 1 aliphatic heterocycles. The van der Waals surface area contributed by atoms with E-state index in [1.165, 1.54) is 9.13 Å². The second kappa shape index (κ2) is 4.50. The van der Waals surface area contributed by atoms with Crippen molar-refractivity contribution in [3.05, 3.63) is 40.0 Å². The van der Waals surface area contributed by atoms with Gasteiger partial charge in [-0.2, -0.15) is 0 Å². The van der Waals surface area contributed by atoms with Gasteiger partial charge in [0.25, 0.3) is 0 Å². The van der Waals surface area contributed by atoms with Gasteiger partial charge in [-0.1, -0.05) is 12.0 Å². The first kappa shape index (κ1) is 11.5. The van der Waals surface area contributed by atoms with E-state index in [4.69, 9.17) is 6.42 Å². The first-order chi connectivity index (χ1) is 7.72. The van der Waals surface area contributed by atoms with Crippen LogP contribution < -0.4 is 5.32 Å². The number of allylic oxidation sites excluding steroid dienone is 1. The minimum Gasteiger partial charge on any atom is -0.385 e. The summed E-state index contributed by atoms with van der Waals surface area (Å²) in [5, 5.41) is 3.43. The number of hydrogen-bond donors (Lipinski definition) is 1. The molecule has 1 nitrogen and oxygen atoms in total. The van der Waals surface area contributed by atoms with Gasteiger partial charge in [-0.25, -0.2) is 0 Å². The lowest BCUT2D eigenvalue weighted by Crippen LogP contribution is -2.20. The van der Waals surface area contributed by atoms with E-state index in [-0.39, 0.29) is 5.41 Å². The van der Waals surface area contributed by atoms with Crippen LogP contribution in [0.1, 0.15) is 18.4 Å². The number of terminal acetylenes is 1. The molecule has 1 atom stereocenters. The lowest BCUT2D eigenvalue weighted by Gasteiger charge is -2.25. The normalized spacial score (nSPS) is 23.5. The van der Waals surface area contributed by atoms with Gasteiger partial charge < -0.3 is 5.32 Å². The largest absolute Gasteiger partial charge is 0.385 e. The van der Waals surface area contributed by atoms with Gasteiger partial charge in [0.2, 0.25) is 0 Å². The Bertz CT molecular complexity index is 458. The van der Waals surface area contributed by atoms with E-state index < -0.39 is 0 Å². The zero-order valence-corrected chi connectivity index (χ0v) is 11.3. The molecular formula is C14H14IN. The van der Waals surface area contributed by atoms with Crippen molar-refractivity contribution in [3.63, 3.8) is 0 Å². The molecule has 1 aliphatic rings. The zero-order valence-electron chi connectivity index (χ0n) is 9.09. The van der Waals surface area contributed by atoms with Gasteiger partial charge in [0.15, 0.2) is 0 Å². The summed E-state index contributed by atoms with van der Waals surface area (Å²) in [7, 11) is 0. The number of hydrogen-bond acceptors (Lipinski definition) is 1. The second-order valence-electron chi connectivity index (χ2n) is 4.04. The van der Waals surface area contributed by atoms with Crippen LogP contribution in [0.25, 0.3) is 0 Å². The minimum atomic E-state index is -0.306. The summed E-state index contributed by atoms with van der Waals surface area (Å²) < 4.78 is 1.21. The van der Waals surface area contributed by atoms with Crippen molar-refractivity contribution in [1.29, 1.82) is 0 Å². The first-order valence-corrected chi connectivity index (χ1v) is 6.45. The predicted octanol–water partition coefficient (Wildman–Crippen LogP) is 3.55. The molecule has 0 aliphatic carbocycles. The molecule has 0 fully saturated rings. The van der Waals surface area contributed by atoms with Crippen LogP contribution in [0.4, 0.5) is 5.69 Å². The van der Waals surface area contributed by atoms with Gasteiger partial charge in [-0.3, -0.25) is 0 Å². The number of anilines is 1. The molecule has 0 saturated carbocycles. The van der Waals surface area contributed by atoms with E-state index in [2.05, 4.69) is 58.6 Å². The fraction of sp³-hybridized carbons (Fsp3) is 0.286. The molecule has 0 radical (unpaired) electrons. The second-order valence-corrected chi connectivity index (χ2v) is 5.29. The van der Waals surface area contributed by atoms with Crippen molar-refractivity contribution in [2.24, 2.45) is 0 Å². The third-order valence-electron chi connectivity index (χ3n) is 3.13. The van der Waals surface area contributed by atoms with Crippen LogP contribution in [-0.4, -0.2) is 6.54 Å². The van der Waals surface area contributed by atoms with E-state index >= 15 is 0 Å². The number of nitrogens with one attached hydrogen (secondary N) is 1. The SMILES string of the molecule is C#CC1(C=C)CCCNc2ccc(I)cc21.